The standard InChI is InChI=1S/C14H10F3NS/c1-8-3-2-4-12-13(8)18-10-7-9(14(15,16)17)5-6-11(10)19-12/h2-7,18H,1H3. The lowest BCUT2D eigenvalue weighted by molar-refractivity contribution is -0.137. The van der Waals surface area contributed by atoms with Crippen LogP contribution in [0.15, 0.2) is 46.2 Å². The maximum absolute atomic E-state index is 12.7. The van der Waals surface area contributed by atoms with Gasteiger partial charge >= 0.3 is 6.18 Å². The van der Waals surface area contributed by atoms with Gasteiger partial charge in [0.2, 0.25) is 0 Å². The van der Waals surface area contributed by atoms with Crippen LogP contribution >= 0.6 is 11.8 Å². The normalized spacial score (nSPS) is 13.5. The van der Waals surface area contributed by atoms with E-state index in [9.17, 15) is 13.2 Å². The number of alkyl halides is 3. The second-order valence-electron chi connectivity index (χ2n) is 4.38. The molecule has 0 saturated carbocycles. The van der Waals surface area contributed by atoms with E-state index in [4.69, 9.17) is 0 Å². The maximum atomic E-state index is 12.7. The highest BCUT2D eigenvalue weighted by molar-refractivity contribution is 7.99. The Morgan fingerprint density at radius 1 is 1.05 bits per heavy atom. The predicted octanol–water partition coefficient (Wildman–Crippen LogP) is 5.22. The molecule has 19 heavy (non-hydrogen) atoms. The fourth-order valence-corrected chi connectivity index (χ4v) is 3.09. The molecule has 0 spiro atoms. The number of halogens is 3. The van der Waals surface area contributed by atoms with Crippen LogP contribution in [0.4, 0.5) is 24.5 Å². The van der Waals surface area contributed by atoms with Crippen molar-refractivity contribution in [1.29, 1.82) is 0 Å². The van der Waals surface area contributed by atoms with Crippen LogP contribution in [0.2, 0.25) is 0 Å². The van der Waals surface area contributed by atoms with E-state index in [1.165, 1.54) is 17.8 Å². The molecule has 1 N–H and O–H groups in total. The second-order valence-corrected chi connectivity index (χ2v) is 5.47. The van der Waals surface area contributed by atoms with Crippen LogP contribution in [0, 0.1) is 6.92 Å². The molecule has 0 fully saturated rings. The Bertz CT molecular complexity index is 650. The van der Waals surface area contributed by atoms with Gasteiger partial charge in [0.05, 0.1) is 16.9 Å². The number of hydrogen-bond acceptors (Lipinski definition) is 2. The van der Waals surface area contributed by atoms with E-state index in [-0.39, 0.29) is 0 Å². The van der Waals surface area contributed by atoms with Gasteiger partial charge in [0.1, 0.15) is 0 Å². The topological polar surface area (TPSA) is 12.0 Å². The Labute approximate surface area is 112 Å². The van der Waals surface area contributed by atoms with Gasteiger partial charge in [-0.15, -0.1) is 0 Å². The number of hydrogen-bond donors (Lipinski definition) is 1. The van der Waals surface area contributed by atoms with Crippen molar-refractivity contribution in [1.82, 2.24) is 0 Å². The number of aryl methyl sites for hydroxylation is 1. The Kier molecular flexibility index (Phi) is 2.74. The summed E-state index contributed by atoms with van der Waals surface area (Å²) >= 11 is 1.49. The van der Waals surface area contributed by atoms with Gasteiger partial charge in [-0.3, -0.25) is 0 Å². The number of fused-ring (bicyclic) bond motifs is 2. The molecule has 2 aromatic rings. The van der Waals surface area contributed by atoms with Crippen molar-refractivity contribution in [3.8, 4) is 0 Å². The van der Waals surface area contributed by atoms with Crippen LogP contribution in [-0.2, 0) is 6.18 Å². The molecule has 3 rings (SSSR count). The largest absolute Gasteiger partial charge is 0.416 e. The summed E-state index contributed by atoms with van der Waals surface area (Å²) < 4.78 is 38.1. The zero-order valence-electron chi connectivity index (χ0n) is 10.0. The number of anilines is 2. The summed E-state index contributed by atoms with van der Waals surface area (Å²) in [5, 5.41) is 3.10. The average molecular weight is 281 g/mol. The molecule has 0 unspecified atom stereocenters. The average Bonchev–Trinajstić information content (AvgIpc) is 2.35. The molecule has 98 valence electrons. The summed E-state index contributed by atoms with van der Waals surface area (Å²) in [6.07, 6.45) is -4.31. The van der Waals surface area contributed by atoms with E-state index in [0.717, 1.165) is 33.2 Å². The number of benzene rings is 2. The predicted molar refractivity (Wildman–Crippen MR) is 70.0 cm³/mol. The van der Waals surface area contributed by atoms with Crippen molar-refractivity contribution in [2.24, 2.45) is 0 Å². The number of para-hydroxylation sites is 1. The van der Waals surface area contributed by atoms with E-state index < -0.39 is 11.7 Å². The lowest BCUT2D eigenvalue weighted by atomic mass is 10.1. The molecule has 5 heteroatoms. The molecular weight excluding hydrogens is 271 g/mol. The van der Waals surface area contributed by atoms with Crippen molar-refractivity contribution in [3.63, 3.8) is 0 Å². The fourth-order valence-electron chi connectivity index (χ4n) is 2.03. The monoisotopic (exact) mass is 281 g/mol. The van der Waals surface area contributed by atoms with Crippen LogP contribution in [0.3, 0.4) is 0 Å². The van der Waals surface area contributed by atoms with Gasteiger partial charge in [-0.1, -0.05) is 23.9 Å². The molecule has 0 bridgehead atoms. The van der Waals surface area contributed by atoms with Crippen molar-refractivity contribution in [2.45, 2.75) is 22.9 Å². The molecule has 1 nitrogen and oxygen atoms in total. The Morgan fingerprint density at radius 3 is 2.58 bits per heavy atom. The van der Waals surface area contributed by atoms with Gasteiger partial charge < -0.3 is 5.32 Å². The van der Waals surface area contributed by atoms with Crippen LogP contribution in [-0.4, -0.2) is 0 Å². The van der Waals surface area contributed by atoms with Crippen LogP contribution in [0.25, 0.3) is 0 Å². The molecule has 1 heterocycles. The molecule has 0 radical (unpaired) electrons. The van der Waals surface area contributed by atoms with Gasteiger partial charge in [0.15, 0.2) is 0 Å². The molecule has 0 amide bonds. The van der Waals surface area contributed by atoms with Crippen molar-refractivity contribution in [2.75, 3.05) is 5.32 Å². The molecule has 2 aromatic carbocycles. The fraction of sp³-hybridized carbons (Fsp3) is 0.143. The third-order valence-corrected chi connectivity index (χ3v) is 4.16. The van der Waals surface area contributed by atoms with Gasteiger partial charge in [0, 0.05) is 9.79 Å². The quantitative estimate of drug-likeness (QED) is 0.606. The lowest BCUT2D eigenvalue weighted by Crippen LogP contribution is -2.08. The van der Waals surface area contributed by atoms with E-state index in [2.05, 4.69) is 5.32 Å². The SMILES string of the molecule is Cc1cccc2c1Nc1cc(C(F)(F)F)ccc1S2. The van der Waals surface area contributed by atoms with Crippen molar-refractivity contribution in [3.05, 3.63) is 47.5 Å². The molecule has 0 saturated heterocycles. The van der Waals surface area contributed by atoms with Crippen LogP contribution in [0.1, 0.15) is 11.1 Å². The zero-order chi connectivity index (χ0) is 13.6. The molecule has 0 aliphatic carbocycles. The minimum Gasteiger partial charge on any atom is -0.353 e. The van der Waals surface area contributed by atoms with Crippen molar-refractivity contribution >= 4 is 23.1 Å². The van der Waals surface area contributed by atoms with Gasteiger partial charge in [-0.2, -0.15) is 13.2 Å². The van der Waals surface area contributed by atoms with Gasteiger partial charge in [-0.05, 0) is 36.8 Å². The first-order valence-electron chi connectivity index (χ1n) is 5.71. The molecule has 1 aliphatic rings. The summed E-state index contributed by atoms with van der Waals surface area (Å²) in [5.41, 5.74) is 1.80. The first kappa shape index (κ1) is 12.4. The minimum absolute atomic E-state index is 0.515. The first-order valence-corrected chi connectivity index (χ1v) is 6.52. The van der Waals surface area contributed by atoms with Gasteiger partial charge in [0.25, 0.3) is 0 Å². The maximum Gasteiger partial charge on any atom is 0.416 e. The van der Waals surface area contributed by atoms with Crippen LogP contribution < -0.4 is 5.32 Å². The third kappa shape index (κ3) is 2.18. The Morgan fingerprint density at radius 2 is 1.84 bits per heavy atom. The highest BCUT2D eigenvalue weighted by atomic mass is 32.2. The smallest absolute Gasteiger partial charge is 0.353 e. The summed E-state index contributed by atoms with van der Waals surface area (Å²) in [4.78, 5) is 1.85. The Balaban J connectivity index is 2.06. The molecule has 1 aliphatic heterocycles. The van der Waals surface area contributed by atoms with E-state index >= 15 is 0 Å². The highest BCUT2D eigenvalue weighted by Gasteiger charge is 2.31. The first-order chi connectivity index (χ1) is 8.95. The number of nitrogens with one attached hydrogen (secondary N) is 1. The van der Waals surface area contributed by atoms with Crippen molar-refractivity contribution < 1.29 is 13.2 Å². The lowest BCUT2D eigenvalue weighted by Gasteiger charge is -2.23. The summed E-state index contributed by atoms with van der Waals surface area (Å²) in [6.45, 7) is 1.94. The van der Waals surface area contributed by atoms with Crippen LogP contribution in [0.5, 0.6) is 0 Å². The third-order valence-electron chi connectivity index (χ3n) is 3.02. The highest BCUT2D eigenvalue weighted by Crippen LogP contribution is 2.46. The molecule has 0 atom stereocenters. The Hall–Kier alpha value is -1.62. The number of rotatable bonds is 0. The van der Waals surface area contributed by atoms with E-state index in [0.29, 0.717) is 5.69 Å². The second kappa shape index (κ2) is 4.20. The molecule has 0 aromatic heterocycles. The van der Waals surface area contributed by atoms with E-state index in [1.807, 2.05) is 25.1 Å². The molecular formula is C14H10F3NS. The van der Waals surface area contributed by atoms with E-state index in [1.54, 1.807) is 0 Å². The minimum atomic E-state index is -4.31. The summed E-state index contributed by atoms with van der Waals surface area (Å²) in [5.74, 6) is 0. The zero-order valence-corrected chi connectivity index (χ0v) is 10.8. The summed E-state index contributed by atoms with van der Waals surface area (Å²) in [7, 11) is 0. The summed E-state index contributed by atoms with van der Waals surface area (Å²) in [6, 6.07) is 9.64. The van der Waals surface area contributed by atoms with Gasteiger partial charge in [-0.25, -0.2) is 0 Å².